The van der Waals surface area contributed by atoms with Crippen LogP contribution in [0, 0.1) is 0 Å². The van der Waals surface area contributed by atoms with Crippen molar-refractivity contribution in [2.45, 2.75) is 63.7 Å². The van der Waals surface area contributed by atoms with Gasteiger partial charge in [0.25, 0.3) is 0 Å². The van der Waals surface area contributed by atoms with Gasteiger partial charge in [0.15, 0.2) is 0 Å². The van der Waals surface area contributed by atoms with Crippen LogP contribution in [-0.2, 0) is 34.0 Å². The van der Waals surface area contributed by atoms with Gasteiger partial charge in [0, 0.05) is 11.4 Å². The number of hydrogen-bond donors (Lipinski definition) is 0. The zero-order valence-corrected chi connectivity index (χ0v) is 19.0. The predicted octanol–water partition coefficient (Wildman–Crippen LogP) is 5.23. The summed E-state index contributed by atoms with van der Waals surface area (Å²) in [7, 11) is 0. The summed E-state index contributed by atoms with van der Waals surface area (Å²) in [5.41, 5.74) is 2.27. The molecule has 0 bridgehead atoms. The molecule has 0 saturated carbocycles. The number of rotatable bonds is 9. The van der Waals surface area contributed by atoms with Crippen LogP contribution in [0.25, 0.3) is 0 Å². The van der Waals surface area contributed by atoms with Crippen molar-refractivity contribution in [3.63, 3.8) is 0 Å². The van der Waals surface area contributed by atoms with Gasteiger partial charge >= 0.3 is 0 Å². The van der Waals surface area contributed by atoms with Gasteiger partial charge in [-0.25, -0.2) is 0 Å². The third-order valence-corrected chi connectivity index (χ3v) is 6.96. The van der Waals surface area contributed by atoms with Crippen LogP contribution in [0.15, 0.2) is 73.0 Å². The molecule has 30 heavy (non-hydrogen) atoms. The zero-order valence-electron chi connectivity index (χ0n) is 18.2. The van der Waals surface area contributed by atoms with Crippen molar-refractivity contribution in [2.75, 3.05) is 6.61 Å². The summed E-state index contributed by atoms with van der Waals surface area (Å²) in [5, 5.41) is 0. The predicted molar refractivity (Wildman–Crippen MR) is 123 cm³/mol. The Kier molecular flexibility index (Phi) is 8.40. The fraction of sp³-hybridized carbons (Fsp3) is 0.440. The molecule has 2 aromatic carbocycles. The van der Waals surface area contributed by atoms with Gasteiger partial charge in [-0.15, -0.1) is 4.31 Å². The van der Waals surface area contributed by atoms with Gasteiger partial charge < -0.3 is 14.0 Å². The van der Waals surface area contributed by atoms with Crippen molar-refractivity contribution in [2.24, 2.45) is 0 Å². The van der Waals surface area contributed by atoms with Crippen LogP contribution in [0.2, 0.25) is 0 Å². The summed E-state index contributed by atoms with van der Waals surface area (Å²) < 4.78 is 27.4. The first-order chi connectivity index (χ1) is 14.4. The Morgan fingerprint density at radius 1 is 1.07 bits per heavy atom. The minimum atomic E-state index is -1.21. The first kappa shape index (κ1) is 22.9. The number of nitrogens with zero attached hydrogens (tertiary/aromatic N) is 1. The lowest BCUT2D eigenvalue weighted by Gasteiger charge is -2.40. The van der Waals surface area contributed by atoms with Gasteiger partial charge in [-0.2, -0.15) is 0 Å². The molecule has 0 amide bonds. The number of ether oxygens (including phenoxy) is 2. The van der Waals surface area contributed by atoms with Crippen LogP contribution in [0.5, 0.6) is 0 Å². The monoisotopic (exact) mass is 427 g/mol. The second kappa shape index (κ2) is 11.0. The normalized spacial score (nSPS) is 18.8. The first-order valence-electron chi connectivity index (χ1n) is 10.6. The van der Waals surface area contributed by atoms with Crippen molar-refractivity contribution >= 4 is 11.4 Å². The first-order valence-corrected chi connectivity index (χ1v) is 11.7. The molecular weight excluding hydrogens is 394 g/mol. The van der Waals surface area contributed by atoms with Crippen molar-refractivity contribution in [1.82, 2.24) is 4.31 Å². The van der Waals surface area contributed by atoms with Gasteiger partial charge in [0.2, 0.25) is 0 Å². The second-order valence-electron chi connectivity index (χ2n) is 8.61. The highest BCUT2D eigenvalue weighted by atomic mass is 32.2. The molecule has 0 saturated heterocycles. The van der Waals surface area contributed by atoms with Crippen LogP contribution in [0.4, 0.5) is 0 Å². The van der Waals surface area contributed by atoms with E-state index in [2.05, 4.69) is 28.6 Å². The molecule has 4 nitrogen and oxygen atoms in total. The van der Waals surface area contributed by atoms with E-state index in [1.165, 1.54) is 0 Å². The molecule has 1 unspecified atom stereocenters. The number of hydrogen-bond acceptors (Lipinski definition) is 4. The van der Waals surface area contributed by atoms with Crippen molar-refractivity contribution < 1.29 is 14.0 Å². The molecule has 0 spiro atoms. The van der Waals surface area contributed by atoms with Gasteiger partial charge in [0.05, 0.1) is 26.0 Å². The van der Waals surface area contributed by atoms with E-state index in [-0.39, 0.29) is 16.9 Å². The molecule has 0 aliphatic carbocycles. The van der Waals surface area contributed by atoms with E-state index in [0.717, 1.165) is 24.0 Å². The third-order valence-electron chi connectivity index (χ3n) is 5.08. The Balaban J connectivity index is 1.81. The minimum Gasteiger partial charge on any atom is -0.597 e. The lowest BCUT2D eigenvalue weighted by Crippen LogP contribution is -2.54. The van der Waals surface area contributed by atoms with Crippen LogP contribution in [0.3, 0.4) is 0 Å². The quantitative estimate of drug-likeness (QED) is 0.514. The molecule has 2 aromatic rings. The van der Waals surface area contributed by atoms with Crippen LogP contribution in [0.1, 0.15) is 44.7 Å². The largest absolute Gasteiger partial charge is 0.597 e. The highest BCUT2D eigenvalue weighted by Crippen LogP contribution is 2.29. The average molecular weight is 428 g/mol. The molecule has 3 rings (SSSR count). The molecule has 1 aliphatic heterocycles. The van der Waals surface area contributed by atoms with Crippen molar-refractivity contribution in [3.8, 4) is 0 Å². The van der Waals surface area contributed by atoms with Crippen molar-refractivity contribution in [1.29, 1.82) is 0 Å². The van der Waals surface area contributed by atoms with Gasteiger partial charge in [-0.1, -0.05) is 60.7 Å². The Labute approximate surface area is 184 Å². The summed E-state index contributed by atoms with van der Waals surface area (Å²) in [5.74, 6) is 0. The van der Waals surface area contributed by atoms with Crippen LogP contribution >= 0.6 is 0 Å². The number of benzene rings is 2. The minimum absolute atomic E-state index is 0.0548. The van der Waals surface area contributed by atoms with Gasteiger partial charge in [-0.05, 0) is 50.8 Å². The maximum absolute atomic E-state index is 13.6. The molecule has 5 heteroatoms. The third kappa shape index (κ3) is 6.61. The van der Waals surface area contributed by atoms with Crippen LogP contribution < -0.4 is 0 Å². The molecule has 0 fully saturated rings. The van der Waals surface area contributed by atoms with E-state index < -0.39 is 11.4 Å². The Morgan fingerprint density at radius 3 is 2.27 bits per heavy atom. The van der Waals surface area contributed by atoms with E-state index in [1.54, 1.807) is 6.26 Å². The molecule has 0 radical (unpaired) electrons. The SMILES string of the molecule is CC(C)(C)[S@@+]([O-])N(Cc1ccccc1)[C@H](COCc1ccccc1)C1CCC=CO1. The lowest BCUT2D eigenvalue weighted by atomic mass is 10.0. The molecule has 0 N–H and O–H groups in total. The van der Waals surface area contributed by atoms with E-state index >= 15 is 0 Å². The van der Waals surface area contributed by atoms with E-state index in [1.807, 2.05) is 63.2 Å². The maximum Gasteiger partial charge on any atom is 0.137 e. The lowest BCUT2D eigenvalue weighted by molar-refractivity contribution is -0.00431. The Hall–Kier alpha value is -1.79. The van der Waals surface area contributed by atoms with E-state index in [4.69, 9.17) is 9.47 Å². The van der Waals surface area contributed by atoms with Crippen molar-refractivity contribution in [3.05, 3.63) is 84.1 Å². The molecule has 1 aliphatic rings. The zero-order chi connectivity index (χ0) is 21.4. The van der Waals surface area contributed by atoms with E-state index in [0.29, 0.717) is 19.8 Å². The maximum atomic E-state index is 13.6. The molecule has 3 atom stereocenters. The fourth-order valence-corrected chi connectivity index (χ4v) is 4.91. The summed E-state index contributed by atoms with van der Waals surface area (Å²) in [6.45, 7) is 7.64. The standard InChI is InChI=1S/C25H33NO3S/c1-25(2,3)30(27)26(18-21-12-6-4-7-13-21)23(24-16-10-11-17-29-24)20-28-19-22-14-8-5-9-15-22/h4-9,11-15,17,23-24H,10,16,18-20H2,1-3H3/t23-,24?,30-/m1/s1. The summed E-state index contributed by atoms with van der Waals surface area (Å²) >= 11 is -1.21. The van der Waals surface area contributed by atoms with Gasteiger partial charge in [0.1, 0.15) is 16.9 Å². The highest BCUT2D eigenvalue weighted by Gasteiger charge is 2.42. The molecule has 0 aromatic heterocycles. The summed E-state index contributed by atoms with van der Waals surface area (Å²) in [6.07, 6.45) is 5.62. The highest BCUT2D eigenvalue weighted by molar-refractivity contribution is 7.90. The van der Waals surface area contributed by atoms with E-state index in [9.17, 15) is 4.55 Å². The molecule has 162 valence electrons. The topological polar surface area (TPSA) is 44.8 Å². The molecular formula is C25H33NO3S. The fourth-order valence-electron chi connectivity index (χ4n) is 3.50. The van der Waals surface area contributed by atoms with Crippen LogP contribution in [-0.4, -0.2) is 32.4 Å². The smallest absolute Gasteiger partial charge is 0.137 e. The Bertz CT molecular complexity index is 776. The summed E-state index contributed by atoms with van der Waals surface area (Å²) in [6, 6.07) is 20.2. The molecule has 1 heterocycles. The Morgan fingerprint density at radius 2 is 1.70 bits per heavy atom. The number of allylic oxidation sites excluding steroid dienone is 1. The van der Waals surface area contributed by atoms with Gasteiger partial charge in [-0.3, -0.25) is 0 Å². The summed E-state index contributed by atoms with van der Waals surface area (Å²) in [4.78, 5) is 0. The second-order valence-corrected chi connectivity index (χ2v) is 10.8. The average Bonchev–Trinajstić information content (AvgIpc) is 2.76.